The van der Waals surface area contributed by atoms with Gasteiger partial charge in [0.05, 0.1) is 0 Å². The molecule has 0 aromatic carbocycles. The van der Waals surface area contributed by atoms with E-state index in [0.717, 1.165) is 19.3 Å². The van der Waals surface area contributed by atoms with Crippen LogP contribution in [0.5, 0.6) is 0 Å². The monoisotopic (exact) mass is 202 g/mol. The summed E-state index contributed by atoms with van der Waals surface area (Å²) in [6.45, 7) is 8.19. The van der Waals surface area contributed by atoms with Crippen LogP contribution in [0.2, 0.25) is 0 Å². The fourth-order valence-corrected chi connectivity index (χ4v) is 1.08. The van der Waals surface area contributed by atoms with E-state index in [-0.39, 0.29) is 11.8 Å². The summed E-state index contributed by atoms with van der Waals surface area (Å²) < 4.78 is 0. The number of nitrogens with one attached hydrogen (secondary N) is 1. The summed E-state index contributed by atoms with van der Waals surface area (Å²) in [5.74, 6) is 0.350. The number of amides is 1. The lowest BCUT2D eigenvalue weighted by molar-refractivity contribution is -0.125. The first kappa shape index (κ1) is 15.9. The second-order valence-electron chi connectivity index (χ2n) is 3.51. The van der Waals surface area contributed by atoms with Gasteiger partial charge in [-0.3, -0.25) is 4.79 Å². The normalized spacial score (nSPS) is 13.6. The molecule has 0 aliphatic rings. The van der Waals surface area contributed by atoms with Crippen molar-refractivity contribution in [1.29, 1.82) is 0 Å². The highest BCUT2D eigenvalue weighted by atomic mass is 16.1. The Balaban J connectivity index is 0. The van der Waals surface area contributed by atoms with Crippen LogP contribution in [-0.2, 0) is 4.79 Å². The maximum absolute atomic E-state index is 11.3. The van der Waals surface area contributed by atoms with E-state index in [9.17, 15) is 4.79 Å². The Morgan fingerprint density at radius 1 is 1.29 bits per heavy atom. The summed E-state index contributed by atoms with van der Waals surface area (Å²) in [6.07, 6.45) is 3.12. The first-order valence-corrected chi connectivity index (χ1v) is 5.49. The number of nitrogens with two attached hydrogens (primary N) is 1. The molecule has 3 N–H and O–H groups in total. The molecule has 3 nitrogen and oxygen atoms in total. The molecule has 14 heavy (non-hydrogen) atoms. The van der Waals surface area contributed by atoms with Gasteiger partial charge in [0.25, 0.3) is 0 Å². The fourth-order valence-electron chi connectivity index (χ4n) is 1.08. The van der Waals surface area contributed by atoms with E-state index in [1.807, 2.05) is 13.8 Å². The van der Waals surface area contributed by atoms with E-state index in [1.165, 1.54) is 7.05 Å². The third-order valence-electron chi connectivity index (χ3n) is 2.17. The van der Waals surface area contributed by atoms with Crippen LogP contribution in [0.1, 0.15) is 47.0 Å². The van der Waals surface area contributed by atoms with Gasteiger partial charge in [-0.2, -0.15) is 0 Å². The predicted octanol–water partition coefficient (Wildman–Crippen LogP) is 1.91. The van der Waals surface area contributed by atoms with Gasteiger partial charge in [-0.15, -0.1) is 0 Å². The van der Waals surface area contributed by atoms with Crippen molar-refractivity contribution in [2.75, 3.05) is 7.05 Å². The van der Waals surface area contributed by atoms with Crippen LogP contribution in [0.15, 0.2) is 0 Å². The van der Waals surface area contributed by atoms with Crippen molar-refractivity contribution in [2.24, 2.45) is 11.7 Å². The second kappa shape index (κ2) is 10.5. The van der Waals surface area contributed by atoms with Gasteiger partial charge in [0, 0.05) is 12.0 Å². The third kappa shape index (κ3) is 8.05. The standard InChI is InChI=1S/C10H21NO.CH5N/c1-5-7-9(4)11-10(12)8(3)6-2;1-2/h8-9H,5-7H2,1-4H3,(H,11,12);2H2,1H3. The molecule has 86 valence electrons. The third-order valence-corrected chi connectivity index (χ3v) is 2.17. The minimum atomic E-state index is 0.157. The van der Waals surface area contributed by atoms with Gasteiger partial charge in [0.1, 0.15) is 0 Å². The molecule has 0 aliphatic heterocycles. The lowest BCUT2D eigenvalue weighted by Gasteiger charge is -2.15. The van der Waals surface area contributed by atoms with Crippen molar-refractivity contribution in [2.45, 2.75) is 53.0 Å². The molecule has 1 amide bonds. The molecule has 0 spiro atoms. The maximum Gasteiger partial charge on any atom is 0.223 e. The lowest BCUT2D eigenvalue weighted by Crippen LogP contribution is -2.35. The molecule has 3 heteroatoms. The van der Waals surface area contributed by atoms with Crippen LogP contribution in [0.25, 0.3) is 0 Å². The highest BCUT2D eigenvalue weighted by Gasteiger charge is 2.11. The predicted molar refractivity (Wildman–Crippen MR) is 62.1 cm³/mol. The highest BCUT2D eigenvalue weighted by molar-refractivity contribution is 5.78. The van der Waals surface area contributed by atoms with Gasteiger partial charge in [0.15, 0.2) is 0 Å². The minimum Gasteiger partial charge on any atom is -0.353 e. The fraction of sp³-hybridized carbons (Fsp3) is 0.909. The van der Waals surface area contributed by atoms with Crippen LogP contribution < -0.4 is 11.1 Å². The largest absolute Gasteiger partial charge is 0.353 e. The van der Waals surface area contributed by atoms with Crippen molar-refractivity contribution in [3.8, 4) is 0 Å². The average molecular weight is 202 g/mol. The van der Waals surface area contributed by atoms with E-state index < -0.39 is 0 Å². The Bertz CT molecular complexity index is 137. The van der Waals surface area contributed by atoms with Crippen molar-refractivity contribution < 1.29 is 4.79 Å². The highest BCUT2D eigenvalue weighted by Crippen LogP contribution is 2.02. The van der Waals surface area contributed by atoms with E-state index in [1.54, 1.807) is 0 Å². The molecule has 0 saturated carbocycles. The smallest absolute Gasteiger partial charge is 0.223 e. The van der Waals surface area contributed by atoms with Gasteiger partial charge < -0.3 is 11.1 Å². The zero-order valence-electron chi connectivity index (χ0n) is 10.3. The number of carbonyl (C=O) groups excluding carboxylic acids is 1. The molecule has 0 aliphatic carbocycles. The lowest BCUT2D eigenvalue weighted by atomic mass is 10.1. The van der Waals surface area contributed by atoms with E-state index >= 15 is 0 Å². The van der Waals surface area contributed by atoms with Gasteiger partial charge in [-0.25, -0.2) is 0 Å². The molecule has 0 aromatic rings. The summed E-state index contributed by atoms with van der Waals surface area (Å²) in [4.78, 5) is 11.3. The molecular weight excluding hydrogens is 176 g/mol. The Hall–Kier alpha value is -0.570. The maximum atomic E-state index is 11.3. The first-order chi connectivity index (χ1) is 6.61. The minimum absolute atomic E-state index is 0.157. The molecule has 0 saturated heterocycles. The molecular formula is C11H26N2O. The summed E-state index contributed by atoms with van der Waals surface area (Å²) in [5, 5.41) is 2.99. The first-order valence-electron chi connectivity index (χ1n) is 5.49. The Morgan fingerprint density at radius 2 is 1.79 bits per heavy atom. The molecule has 0 rings (SSSR count). The van der Waals surface area contributed by atoms with Crippen molar-refractivity contribution in [3.05, 3.63) is 0 Å². The Labute approximate surface area is 88.4 Å². The summed E-state index contributed by atoms with van der Waals surface area (Å²) in [6, 6.07) is 0.330. The van der Waals surface area contributed by atoms with Gasteiger partial charge in [-0.1, -0.05) is 27.2 Å². The number of hydrogen-bond acceptors (Lipinski definition) is 2. The zero-order valence-corrected chi connectivity index (χ0v) is 10.3. The van der Waals surface area contributed by atoms with E-state index in [4.69, 9.17) is 0 Å². The summed E-state index contributed by atoms with van der Waals surface area (Å²) in [5.41, 5.74) is 4.50. The molecule has 0 aromatic heterocycles. The van der Waals surface area contributed by atoms with E-state index in [0.29, 0.717) is 6.04 Å². The number of carbonyl (C=O) groups is 1. The SMILES string of the molecule is CCCC(C)NC(=O)C(C)CC.CN. The van der Waals surface area contributed by atoms with Crippen LogP contribution in [0.3, 0.4) is 0 Å². The van der Waals surface area contributed by atoms with Gasteiger partial charge >= 0.3 is 0 Å². The van der Waals surface area contributed by atoms with Crippen LogP contribution >= 0.6 is 0 Å². The average Bonchev–Trinajstić information content (AvgIpc) is 2.19. The number of rotatable bonds is 5. The molecule has 0 heterocycles. The zero-order chi connectivity index (χ0) is 11.6. The molecule has 0 fully saturated rings. The molecule has 2 atom stereocenters. The topological polar surface area (TPSA) is 55.1 Å². The Morgan fingerprint density at radius 3 is 2.14 bits per heavy atom. The Kier molecular flexibility index (Phi) is 11.9. The van der Waals surface area contributed by atoms with Crippen molar-refractivity contribution in [3.63, 3.8) is 0 Å². The van der Waals surface area contributed by atoms with Gasteiger partial charge in [-0.05, 0) is 26.8 Å². The number of hydrogen-bond donors (Lipinski definition) is 2. The summed E-state index contributed by atoms with van der Waals surface area (Å²) >= 11 is 0. The molecule has 0 radical (unpaired) electrons. The van der Waals surface area contributed by atoms with Crippen LogP contribution in [-0.4, -0.2) is 19.0 Å². The van der Waals surface area contributed by atoms with Crippen molar-refractivity contribution in [1.82, 2.24) is 5.32 Å². The van der Waals surface area contributed by atoms with Crippen LogP contribution in [0, 0.1) is 5.92 Å². The van der Waals surface area contributed by atoms with Gasteiger partial charge in [0.2, 0.25) is 5.91 Å². The quantitative estimate of drug-likeness (QED) is 0.715. The molecule has 2 unspecified atom stereocenters. The summed E-state index contributed by atoms with van der Waals surface area (Å²) in [7, 11) is 1.50. The van der Waals surface area contributed by atoms with E-state index in [2.05, 4.69) is 24.9 Å². The van der Waals surface area contributed by atoms with Crippen molar-refractivity contribution >= 4 is 5.91 Å². The molecule has 0 bridgehead atoms. The van der Waals surface area contributed by atoms with Crippen LogP contribution in [0.4, 0.5) is 0 Å². The second-order valence-corrected chi connectivity index (χ2v) is 3.51.